The van der Waals surface area contributed by atoms with Crippen LogP contribution in [-0.2, 0) is 4.79 Å². The molecule has 4 heteroatoms. The molecule has 2 aliphatic rings. The summed E-state index contributed by atoms with van der Waals surface area (Å²) >= 11 is 0. The Morgan fingerprint density at radius 3 is 2.39 bits per heavy atom. The zero-order valence-corrected chi connectivity index (χ0v) is 11.7. The summed E-state index contributed by atoms with van der Waals surface area (Å²) in [5.74, 6) is 0.313. The number of hydrogen-bond acceptors (Lipinski definition) is 3. The van der Waals surface area contributed by atoms with Crippen LogP contribution in [0.25, 0.3) is 0 Å². The minimum atomic E-state index is -0.466. The maximum Gasteiger partial charge on any atom is 0.239 e. The summed E-state index contributed by atoms with van der Waals surface area (Å²) in [5.41, 5.74) is 5.29. The number of rotatable bonds is 9. The van der Waals surface area contributed by atoms with Crippen molar-refractivity contribution in [2.45, 2.75) is 57.5 Å². The van der Waals surface area contributed by atoms with E-state index in [1.54, 1.807) is 0 Å². The zero-order chi connectivity index (χ0) is 13.2. The van der Waals surface area contributed by atoms with Gasteiger partial charge in [0.2, 0.25) is 5.91 Å². The van der Waals surface area contributed by atoms with Crippen molar-refractivity contribution in [3.05, 3.63) is 0 Å². The minimum Gasteiger partial charge on any atom is -0.368 e. The van der Waals surface area contributed by atoms with Crippen LogP contribution in [0.2, 0.25) is 0 Å². The number of nitrogens with zero attached hydrogens (tertiary/aromatic N) is 1. The summed E-state index contributed by atoms with van der Waals surface area (Å²) in [6, 6.07) is 0.526. The molecule has 0 aromatic heterocycles. The molecule has 104 valence electrons. The second-order valence-corrected chi connectivity index (χ2v) is 5.90. The lowest BCUT2D eigenvalue weighted by Crippen LogP contribution is -2.63. The Kier molecular flexibility index (Phi) is 4.28. The van der Waals surface area contributed by atoms with Gasteiger partial charge in [-0.3, -0.25) is 10.1 Å². The highest BCUT2D eigenvalue weighted by atomic mass is 16.1. The normalized spacial score (nSPS) is 23.1. The highest BCUT2D eigenvalue weighted by Crippen LogP contribution is 2.42. The first-order valence-corrected chi connectivity index (χ1v) is 7.42. The van der Waals surface area contributed by atoms with Crippen molar-refractivity contribution < 1.29 is 4.79 Å². The molecule has 0 aromatic rings. The average molecular weight is 253 g/mol. The topological polar surface area (TPSA) is 58.4 Å². The summed E-state index contributed by atoms with van der Waals surface area (Å²) in [6.07, 6.45) is 5.80. The Hall–Kier alpha value is -0.610. The highest BCUT2D eigenvalue weighted by molar-refractivity contribution is 5.86. The van der Waals surface area contributed by atoms with Gasteiger partial charge in [0, 0.05) is 12.6 Å². The molecule has 2 aliphatic carbocycles. The van der Waals surface area contributed by atoms with Gasteiger partial charge in [0.25, 0.3) is 0 Å². The Bertz CT molecular complexity index is 299. The third kappa shape index (κ3) is 3.04. The number of primary amides is 1. The minimum absolute atomic E-state index is 0.147. The van der Waals surface area contributed by atoms with E-state index in [0.29, 0.717) is 12.0 Å². The number of likely N-dealkylation sites (N-methyl/N-ethyl adjacent to an activating group) is 1. The predicted molar refractivity (Wildman–Crippen MR) is 73.2 cm³/mol. The summed E-state index contributed by atoms with van der Waals surface area (Å²) in [6.45, 7) is 7.16. The summed E-state index contributed by atoms with van der Waals surface area (Å²) in [4.78, 5) is 14.4. The number of nitrogens with two attached hydrogens (primary N) is 1. The van der Waals surface area contributed by atoms with Crippen LogP contribution in [0.1, 0.15) is 46.0 Å². The molecule has 1 amide bonds. The van der Waals surface area contributed by atoms with Crippen LogP contribution >= 0.6 is 0 Å². The molecule has 2 saturated carbocycles. The van der Waals surface area contributed by atoms with Crippen molar-refractivity contribution in [2.24, 2.45) is 11.7 Å². The van der Waals surface area contributed by atoms with Crippen LogP contribution in [0.3, 0.4) is 0 Å². The number of hydrogen-bond donors (Lipinski definition) is 2. The van der Waals surface area contributed by atoms with Crippen molar-refractivity contribution in [3.8, 4) is 0 Å². The monoisotopic (exact) mass is 253 g/mol. The van der Waals surface area contributed by atoms with E-state index in [2.05, 4.69) is 24.1 Å². The fourth-order valence-electron chi connectivity index (χ4n) is 2.83. The summed E-state index contributed by atoms with van der Waals surface area (Å²) in [5, 5.41) is 3.57. The van der Waals surface area contributed by atoms with Crippen LogP contribution in [-0.4, -0.2) is 42.0 Å². The van der Waals surface area contributed by atoms with E-state index in [9.17, 15) is 4.79 Å². The van der Waals surface area contributed by atoms with Gasteiger partial charge < -0.3 is 10.6 Å². The Morgan fingerprint density at radius 2 is 2.00 bits per heavy atom. The first-order chi connectivity index (χ1) is 8.62. The molecular weight excluding hydrogens is 226 g/mol. The second-order valence-electron chi connectivity index (χ2n) is 5.90. The summed E-state index contributed by atoms with van der Waals surface area (Å²) < 4.78 is 0. The molecule has 1 atom stereocenters. The Labute approximate surface area is 110 Å². The van der Waals surface area contributed by atoms with Crippen molar-refractivity contribution in [1.29, 1.82) is 0 Å². The molecule has 0 radical (unpaired) electrons. The van der Waals surface area contributed by atoms with E-state index in [1.165, 1.54) is 12.8 Å². The molecule has 0 saturated heterocycles. The molecule has 1 unspecified atom stereocenters. The highest BCUT2D eigenvalue weighted by Gasteiger charge is 2.52. The Morgan fingerprint density at radius 1 is 1.33 bits per heavy atom. The van der Waals surface area contributed by atoms with E-state index in [1.807, 2.05) is 0 Å². The van der Waals surface area contributed by atoms with E-state index in [-0.39, 0.29) is 5.91 Å². The predicted octanol–water partition coefficient (Wildman–Crippen LogP) is 1.10. The smallest absolute Gasteiger partial charge is 0.239 e. The van der Waals surface area contributed by atoms with E-state index in [4.69, 9.17) is 5.73 Å². The first-order valence-electron chi connectivity index (χ1n) is 7.42. The fraction of sp³-hybridized carbons (Fsp3) is 0.929. The van der Waals surface area contributed by atoms with E-state index >= 15 is 0 Å². The number of nitrogens with one attached hydrogen (secondary N) is 1. The van der Waals surface area contributed by atoms with Crippen molar-refractivity contribution >= 4 is 5.91 Å². The van der Waals surface area contributed by atoms with Gasteiger partial charge in [0.1, 0.15) is 5.54 Å². The maximum absolute atomic E-state index is 12.1. The van der Waals surface area contributed by atoms with Gasteiger partial charge in [-0.15, -0.1) is 0 Å². The largest absolute Gasteiger partial charge is 0.368 e. The molecule has 0 bridgehead atoms. The lowest BCUT2D eigenvalue weighted by atomic mass is 9.90. The van der Waals surface area contributed by atoms with Gasteiger partial charge in [-0.2, -0.15) is 0 Å². The van der Waals surface area contributed by atoms with Crippen LogP contribution in [0.4, 0.5) is 0 Å². The third-order valence-corrected chi connectivity index (χ3v) is 4.21. The van der Waals surface area contributed by atoms with Gasteiger partial charge in [-0.25, -0.2) is 0 Å². The molecule has 0 aromatic carbocycles. The quantitative estimate of drug-likeness (QED) is 0.647. The standard InChI is InChI=1S/C14H27N3O/c1-3-9-17(4-2)10-14(13(15)18,11-5-6-11)16-12-7-8-12/h11-12,16H,3-10H2,1-2H3,(H2,15,18). The lowest BCUT2D eigenvalue weighted by Gasteiger charge is -2.37. The van der Waals surface area contributed by atoms with Gasteiger partial charge in [-0.05, 0) is 51.1 Å². The van der Waals surface area contributed by atoms with E-state index in [0.717, 1.165) is 38.9 Å². The first kappa shape index (κ1) is 13.8. The van der Waals surface area contributed by atoms with Crippen LogP contribution < -0.4 is 11.1 Å². The molecule has 0 spiro atoms. The SMILES string of the molecule is CCCN(CC)CC(NC1CC1)(C(N)=O)C1CC1. The Balaban J connectivity index is 2.08. The van der Waals surface area contributed by atoms with Crippen molar-refractivity contribution in [2.75, 3.05) is 19.6 Å². The maximum atomic E-state index is 12.1. The molecular formula is C14H27N3O. The van der Waals surface area contributed by atoms with Gasteiger partial charge >= 0.3 is 0 Å². The zero-order valence-electron chi connectivity index (χ0n) is 11.7. The molecule has 2 fully saturated rings. The third-order valence-electron chi connectivity index (χ3n) is 4.21. The van der Waals surface area contributed by atoms with Gasteiger partial charge in [0.05, 0.1) is 0 Å². The average Bonchev–Trinajstić information content (AvgIpc) is 3.18. The molecule has 3 N–H and O–H groups in total. The molecule has 2 rings (SSSR count). The lowest BCUT2D eigenvalue weighted by molar-refractivity contribution is -0.126. The number of amides is 1. The van der Waals surface area contributed by atoms with Crippen LogP contribution in [0.5, 0.6) is 0 Å². The van der Waals surface area contributed by atoms with Gasteiger partial charge in [0.15, 0.2) is 0 Å². The molecule has 18 heavy (non-hydrogen) atoms. The molecule has 0 heterocycles. The molecule has 4 nitrogen and oxygen atoms in total. The number of carbonyl (C=O) groups is 1. The van der Waals surface area contributed by atoms with Crippen molar-refractivity contribution in [1.82, 2.24) is 10.2 Å². The van der Waals surface area contributed by atoms with Gasteiger partial charge in [-0.1, -0.05) is 13.8 Å². The summed E-state index contributed by atoms with van der Waals surface area (Å²) in [7, 11) is 0. The van der Waals surface area contributed by atoms with Crippen molar-refractivity contribution in [3.63, 3.8) is 0 Å². The van der Waals surface area contributed by atoms with Crippen LogP contribution in [0, 0.1) is 5.92 Å². The molecule has 0 aliphatic heterocycles. The second kappa shape index (κ2) is 5.57. The van der Waals surface area contributed by atoms with Crippen LogP contribution in [0.15, 0.2) is 0 Å². The number of carbonyl (C=O) groups excluding carboxylic acids is 1. The fourth-order valence-corrected chi connectivity index (χ4v) is 2.83. The van der Waals surface area contributed by atoms with E-state index < -0.39 is 5.54 Å².